The van der Waals surface area contributed by atoms with Crippen LogP contribution in [0.5, 0.6) is 0 Å². The van der Waals surface area contributed by atoms with E-state index >= 15 is 0 Å². The maximum absolute atomic E-state index is 12.4. The van der Waals surface area contributed by atoms with Gasteiger partial charge in [-0.3, -0.25) is 14.1 Å². The maximum Gasteiger partial charge on any atom is 0.432 e. The van der Waals surface area contributed by atoms with Crippen molar-refractivity contribution < 1.29 is 13.6 Å². The Morgan fingerprint density at radius 1 is 0.818 bits per heavy atom. The van der Waals surface area contributed by atoms with E-state index in [4.69, 9.17) is 9.05 Å². The first kappa shape index (κ1) is 16.6. The van der Waals surface area contributed by atoms with Crippen LogP contribution in [-0.4, -0.2) is 13.2 Å². The van der Waals surface area contributed by atoms with Crippen molar-refractivity contribution in [1.82, 2.24) is 0 Å². The van der Waals surface area contributed by atoms with Crippen molar-refractivity contribution in [3.8, 4) is 0 Å². The molecule has 2 aromatic carbocycles. The average molecular weight is 320 g/mol. The van der Waals surface area contributed by atoms with Gasteiger partial charge in [-0.2, -0.15) is 0 Å². The lowest BCUT2D eigenvalue weighted by Gasteiger charge is -2.18. The molecule has 0 spiro atoms. The topological polar surface area (TPSA) is 59.6 Å². The highest BCUT2D eigenvalue weighted by molar-refractivity contribution is 7.55. The minimum Gasteiger partial charge on any atom is -0.356 e. The van der Waals surface area contributed by atoms with Crippen molar-refractivity contribution in [2.24, 2.45) is 0 Å². The standard InChI is InChI=1S/C16H21N2O3P/c1-3-20-22(19,21-4-2)18-16-12-10-15(11-13-16)17-14-8-6-5-7-9-14/h5-13,17H,3-4H2,1-2H3,(H,18,19). The molecule has 0 unspecified atom stereocenters. The van der Waals surface area contributed by atoms with Crippen molar-refractivity contribution >= 4 is 24.8 Å². The first-order valence-corrected chi connectivity index (χ1v) is 8.79. The molecule has 0 aliphatic rings. The summed E-state index contributed by atoms with van der Waals surface area (Å²) in [5, 5.41) is 6.12. The van der Waals surface area contributed by atoms with E-state index < -0.39 is 7.75 Å². The predicted molar refractivity (Wildman–Crippen MR) is 90.6 cm³/mol. The second-order valence-electron chi connectivity index (χ2n) is 4.51. The maximum atomic E-state index is 12.4. The van der Waals surface area contributed by atoms with Crippen LogP contribution in [0.4, 0.5) is 17.1 Å². The molecule has 2 rings (SSSR count). The number of benzene rings is 2. The molecule has 0 saturated heterocycles. The third-order valence-electron chi connectivity index (χ3n) is 2.81. The summed E-state index contributed by atoms with van der Waals surface area (Å²) in [6.07, 6.45) is 0. The average Bonchev–Trinajstić information content (AvgIpc) is 2.51. The number of nitrogens with one attached hydrogen (secondary N) is 2. The zero-order valence-electron chi connectivity index (χ0n) is 12.8. The van der Waals surface area contributed by atoms with Gasteiger partial charge in [0.15, 0.2) is 0 Å². The molecule has 0 aromatic heterocycles. The third-order valence-corrected chi connectivity index (χ3v) is 4.54. The van der Waals surface area contributed by atoms with Gasteiger partial charge in [0.1, 0.15) is 0 Å². The van der Waals surface area contributed by atoms with E-state index in [-0.39, 0.29) is 0 Å². The number of anilines is 3. The van der Waals surface area contributed by atoms with E-state index in [0.717, 1.165) is 11.4 Å². The van der Waals surface area contributed by atoms with Gasteiger partial charge in [-0.05, 0) is 50.2 Å². The highest BCUT2D eigenvalue weighted by Gasteiger charge is 2.23. The Morgan fingerprint density at radius 3 is 1.86 bits per heavy atom. The Kier molecular flexibility index (Phi) is 6.01. The molecule has 2 aromatic rings. The Hall–Kier alpha value is -1.81. The zero-order chi connectivity index (χ0) is 15.8. The lowest BCUT2D eigenvalue weighted by Crippen LogP contribution is -2.05. The van der Waals surface area contributed by atoms with E-state index in [1.165, 1.54) is 0 Å². The molecule has 0 atom stereocenters. The van der Waals surface area contributed by atoms with Crippen LogP contribution in [0.15, 0.2) is 54.6 Å². The van der Waals surface area contributed by atoms with Gasteiger partial charge in [0.2, 0.25) is 0 Å². The number of hydrogen-bond donors (Lipinski definition) is 2. The molecular weight excluding hydrogens is 299 g/mol. The summed E-state index contributed by atoms with van der Waals surface area (Å²) in [5.41, 5.74) is 2.64. The fourth-order valence-corrected chi connectivity index (χ4v) is 3.26. The van der Waals surface area contributed by atoms with Crippen LogP contribution in [-0.2, 0) is 13.6 Å². The summed E-state index contributed by atoms with van der Waals surface area (Å²) in [6, 6.07) is 17.4. The highest BCUT2D eigenvalue weighted by atomic mass is 31.2. The summed E-state index contributed by atoms with van der Waals surface area (Å²) in [7, 11) is -3.29. The van der Waals surface area contributed by atoms with Crippen molar-refractivity contribution in [2.75, 3.05) is 23.6 Å². The van der Waals surface area contributed by atoms with Crippen molar-refractivity contribution in [3.05, 3.63) is 54.6 Å². The van der Waals surface area contributed by atoms with Gasteiger partial charge in [0.25, 0.3) is 0 Å². The van der Waals surface area contributed by atoms with Crippen molar-refractivity contribution in [3.63, 3.8) is 0 Å². The van der Waals surface area contributed by atoms with Gasteiger partial charge in [-0.1, -0.05) is 18.2 Å². The lowest BCUT2D eigenvalue weighted by atomic mass is 10.2. The fourth-order valence-electron chi connectivity index (χ4n) is 1.92. The summed E-state index contributed by atoms with van der Waals surface area (Å²) in [6.45, 7) is 4.19. The molecule has 0 amide bonds. The van der Waals surface area contributed by atoms with Crippen LogP contribution in [0.3, 0.4) is 0 Å². The molecule has 118 valence electrons. The number of hydrogen-bond acceptors (Lipinski definition) is 4. The van der Waals surface area contributed by atoms with Crippen LogP contribution in [0.1, 0.15) is 13.8 Å². The molecule has 0 bridgehead atoms. The Bertz CT molecular complexity index is 607. The molecule has 6 heteroatoms. The van der Waals surface area contributed by atoms with Gasteiger partial charge in [-0.15, -0.1) is 0 Å². The predicted octanol–water partition coefficient (Wildman–Crippen LogP) is 5.02. The monoisotopic (exact) mass is 320 g/mol. The second kappa shape index (κ2) is 7.99. The Labute approximate surface area is 131 Å². The molecule has 5 nitrogen and oxygen atoms in total. The summed E-state index contributed by atoms with van der Waals surface area (Å²) < 4.78 is 22.8. The van der Waals surface area contributed by atoms with Crippen LogP contribution in [0.2, 0.25) is 0 Å². The lowest BCUT2D eigenvalue weighted by molar-refractivity contribution is 0.225. The van der Waals surface area contributed by atoms with Crippen molar-refractivity contribution in [1.29, 1.82) is 0 Å². The Balaban J connectivity index is 2.03. The van der Waals surface area contributed by atoms with Gasteiger partial charge in [0.05, 0.1) is 13.2 Å². The molecule has 0 aliphatic heterocycles. The number of para-hydroxylation sites is 1. The van der Waals surface area contributed by atoms with E-state index in [0.29, 0.717) is 18.9 Å². The smallest absolute Gasteiger partial charge is 0.356 e. The van der Waals surface area contributed by atoms with Crippen LogP contribution < -0.4 is 10.4 Å². The largest absolute Gasteiger partial charge is 0.432 e. The first-order chi connectivity index (χ1) is 10.6. The van der Waals surface area contributed by atoms with Crippen LogP contribution >= 0.6 is 7.75 Å². The van der Waals surface area contributed by atoms with Gasteiger partial charge in [-0.25, -0.2) is 4.57 Å². The van der Waals surface area contributed by atoms with Gasteiger partial charge >= 0.3 is 7.75 Å². The zero-order valence-corrected chi connectivity index (χ0v) is 13.7. The summed E-state index contributed by atoms with van der Waals surface area (Å²) in [5.74, 6) is 0. The number of rotatable bonds is 8. The van der Waals surface area contributed by atoms with E-state index in [1.54, 1.807) is 13.8 Å². The van der Waals surface area contributed by atoms with E-state index in [2.05, 4.69) is 10.4 Å². The first-order valence-electron chi connectivity index (χ1n) is 7.24. The minimum absolute atomic E-state index is 0.317. The molecule has 0 saturated carbocycles. The summed E-state index contributed by atoms with van der Waals surface area (Å²) in [4.78, 5) is 0. The highest BCUT2D eigenvalue weighted by Crippen LogP contribution is 2.47. The van der Waals surface area contributed by atoms with Crippen LogP contribution in [0, 0.1) is 0 Å². The fraction of sp³-hybridized carbons (Fsp3) is 0.250. The Morgan fingerprint density at radius 2 is 1.32 bits per heavy atom. The molecule has 0 aliphatic carbocycles. The molecule has 22 heavy (non-hydrogen) atoms. The third kappa shape index (κ3) is 4.88. The molecule has 0 heterocycles. The van der Waals surface area contributed by atoms with E-state index in [1.807, 2.05) is 54.6 Å². The minimum atomic E-state index is -3.29. The van der Waals surface area contributed by atoms with Crippen molar-refractivity contribution in [2.45, 2.75) is 13.8 Å². The quantitative estimate of drug-likeness (QED) is 0.669. The normalized spacial score (nSPS) is 11.2. The summed E-state index contributed by atoms with van der Waals surface area (Å²) >= 11 is 0. The molecule has 2 N–H and O–H groups in total. The molecule has 0 radical (unpaired) electrons. The second-order valence-corrected chi connectivity index (χ2v) is 6.25. The molecular formula is C16H21N2O3P. The molecule has 0 fully saturated rings. The van der Waals surface area contributed by atoms with Crippen LogP contribution in [0.25, 0.3) is 0 Å². The van der Waals surface area contributed by atoms with Gasteiger partial charge < -0.3 is 5.32 Å². The SMILES string of the molecule is CCOP(=O)(Nc1ccc(Nc2ccccc2)cc1)OCC. The van der Waals surface area contributed by atoms with E-state index in [9.17, 15) is 4.57 Å². The van der Waals surface area contributed by atoms with Gasteiger partial charge in [0, 0.05) is 17.1 Å².